The van der Waals surface area contributed by atoms with E-state index >= 15 is 0 Å². The lowest BCUT2D eigenvalue weighted by atomic mass is 10.0. The average Bonchev–Trinajstić information content (AvgIpc) is 2.46. The van der Waals surface area contributed by atoms with Crippen LogP contribution in [0.3, 0.4) is 0 Å². The Balaban J connectivity index is 2.27. The molecule has 0 spiro atoms. The number of fused-ring (bicyclic) bond motifs is 1. The van der Waals surface area contributed by atoms with E-state index in [0.717, 1.165) is 27.8 Å². The second kappa shape index (κ2) is 4.39. The van der Waals surface area contributed by atoms with Gasteiger partial charge < -0.3 is 5.73 Å². The third kappa shape index (κ3) is 1.95. The summed E-state index contributed by atoms with van der Waals surface area (Å²) in [5, 5.41) is 1.03. The standard InChI is InChI=1S/C17H16N2/c1-11-12(2)19-16-9-8-14(10-15(16)17(11)18)13-6-4-3-5-7-13/h3-10H,1-2H3,(H2,18,19). The smallest absolute Gasteiger partial charge is 0.0726 e. The number of hydrogen-bond donors (Lipinski definition) is 1. The molecular weight excluding hydrogens is 232 g/mol. The summed E-state index contributed by atoms with van der Waals surface area (Å²) in [5.74, 6) is 0. The van der Waals surface area contributed by atoms with E-state index in [1.54, 1.807) is 0 Å². The lowest BCUT2D eigenvalue weighted by Gasteiger charge is -2.10. The van der Waals surface area contributed by atoms with Crippen LogP contribution >= 0.6 is 0 Å². The monoisotopic (exact) mass is 248 g/mol. The first-order valence-corrected chi connectivity index (χ1v) is 6.38. The van der Waals surface area contributed by atoms with Crippen LogP contribution < -0.4 is 5.73 Å². The van der Waals surface area contributed by atoms with Crippen LogP contribution in [-0.4, -0.2) is 4.98 Å². The van der Waals surface area contributed by atoms with Gasteiger partial charge in [0.2, 0.25) is 0 Å². The fourth-order valence-corrected chi connectivity index (χ4v) is 2.32. The van der Waals surface area contributed by atoms with Gasteiger partial charge in [0.15, 0.2) is 0 Å². The number of nitrogens with zero attached hydrogens (tertiary/aromatic N) is 1. The maximum Gasteiger partial charge on any atom is 0.0726 e. The predicted octanol–water partition coefficient (Wildman–Crippen LogP) is 4.10. The van der Waals surface area contributed by atoms with Crippen molar-refractivity contribution in [1.29, 1.82) is 0 Å². The van der Waals surface area contributed by atoms with Gasteiger partial charge in [0, 0.05) is 16.8 Å². The number of anilines is 1. The first-order chi connectivity index (χ1) is 9.16. The Morgan fingerprint density at radius 2 is 1.63 bits per heavy atom. The molecule has 94 valence electrons. The molecule has 3 rings (SSSR count). The second-order valence-electron chi connectivity index (χ2n) is 4.83. The predicted molar refractivity (Wildman–Crippen MR) is 81.1 cm³/mol. The van der Waals surface area contributed by atoms with E-state index in [4.69, 9.17) is 5.73 Å². The van der Waals surface area contributed by atoms with Crippen molar-refractivity contribution in [3.63, 3.8) is 0 Å². The van der Waals surface area contributed by atoms with E-state index in [2.05, 4.69) is 29.2 Å². The van der Waals surface area contributed by atoms with E-state index < -0.39 is 0 Å². The minimum atomic E-state index is 0.834. The van der Waals surface area contributed by atoms with Crippen LogP contribution in [0.4, 0.5) is 5.69 Å². The van der Waals surface area contributed by atoms with Crippen molar-refractivity contribution >= 4 is 16.6 Å². The molecule has 0 bridgehead atoms. The highest BCUT2D eigenvalue weighted by atomic mass is 14.7. The third-order valence-corrected chi connectivity index (χ3v) is 3.63. The van der Waals surface area contributed by atoms with Crippen molar-refractivity contribution in [2.24, 2.45) is 0 Å². The highest BCUT2D eigenvalue weighted by molar-refractivity contribution is 5.95. The average molecular weight is 248 g/mol. The summed E-state index contributed by atoms with van der Waals surface area (Å²) in [6.45, 7) is 4.02. The molecule has 2 heteroatoms. The summed E-state index contributed by atoms with van der Waals surface area (Å²) in [5.41, 5.74) is 12.5. The molecule has 0 atom stereocenters. The fourth-order valence-electron chi connectivity index (χ4n) is 2.32. The molecule has 1 aromatic heterocycles. The highest BCUT2D eigenvalue weighted by Gasteiger charge is 2.07. The van der Waals surface area contributed by atoms with Gasteiger partial charge in [-0.25, -0.2) is 0 Å². The SMILES string of the molecule is Cc1nc2ccc(-c3ccccc3)cc2c(N)c1C. The van der Waals surface area contributed by atoms with Gasteiger partial charge in [-0.3, -0.25) is 4.98 Å². The Kier molecular flexibility index (Phi) is 2.71. The molecule has 0 aliphatic carbocycles. The molecule has 0 saturated carbocycles. The highest BCUT2D eigenvalue weighted by Crippen LogP contribution is 2.29. The van der Waals surface area contributed by atoms with Gasteiger partial charge in [-0.15, -0.1) is 0 Å². The minimum Gasteiger partial charge on any atom is -0.398 e. The van der Waals surface area contributed by atoms with Crippen LogP contribution in [0.2, 0.25) is 0 Å². The largest absolute Gasteiger partial charge is 0.398 e. The quantitative estimate of drug-likeness (QED) is 0.704. The molecule has 0 fully saturated rings. The Hall–Kier alpha value is -2.35. The molecule has 0 unspecified atom stereocenters. The molecule has 0 aliphatic rings. The zero-order chi connectivity index (χ0) is 13.4. The maximum absolute atomic E-state index is 6.23. The molecule has 0 radical (unpaired) electrons. The number of aromatic nitrogens is 1. The number of pyridine rings is 1. The van der Waals surface area contributed by atoms with Crippen LogP contribution in [0.5, 0.6) is 0 Å². The van der Waals surface area contributed by atoms with Crippen LogP contribution in [0.25, 0.3) is 22.0 Å². The number of nitrogens with two attached hydrogens (primary N) is 1. The van der Waals surface area contributed by atoms with E-state index in [9.17, 15) is 0 Å². The van der Waals surface area contributed by atoms with Crippen LogP contribution in [0.15, 0.2) is 48.5 Å². The topological polar surface area (TPSA) is 38.9 Å². The van der Waals surface area contributed by atoms with Gasteiger partial charge in [0.1, 0.15) is 0 Å². The van der Waals surface area contributed by atoms with Crippen LogP contribution in [0.1, 0.15) is 11.3 Å². The summed E-state index contributed by atoms with van der Waals surface area (Å²) < 4.78 is 0. The molecule has 0 aliphatic heterocycles. The normalized spacial score (nSPS) is 10.8. The summed E-state index contributed by atoms with van der Waals surface area (Å²) in [6.07, 6.45) is 0. The summed E-state index contributed by atoms with van der Waals surface area (Å²) >= 11 is 0. The van der Waals surface area contributed by atoms with Gasteiger partial charge in [0.05, 0.1) is 5.52 Å². The van der Waals surface area contributed by atoms with Crippen molar-refractivity contribution in [1.82, 2.24) is 4.98 Å². The van der Waals surface area contributed by atoms with Crippen molar-refractivity contribution in [3.8, 4) is 11.1 Å². The van der Waals surface area contributed by atoms with Crippen molar-refractivity contribution in [3.05, 3.63) is 59.8 Å². The number of benzene rings is 2. The van der Waals surface area contributed by atoms with Gasteiger partial charge in [-0.1, -0.05) is 36.4 Å². The van der Waals surface area contributed by atoms with E-state index in [0.29, 0.717) is 0 Å². The maximum atomic E-state index is 6.23. The van der Waals surface area contributed by atoms with Gasteiger partial charge in [-0.05, 0) is 42.7 Å². The zero-order valence-corrected chi connectivity index (χ0v) is 11.1. The van der Waals surface area contributed by atoms with Gasteiger partial charge in [-0.2, -0.15) is 0 Å². The molecular formula is C17H16N2. The Bertz CT molecular complexity index is 746. The van der Waals surface area contributed by atoms with Crippen molar-refractivity contribution in [2.45, 2.75) is 13.8 Å². The molecule has 19 heavy (non-hydrogen) atoms. The Morgan fingerprint density at radius 1 is 0.895 bits per heavy atom. The molecule has 2 N–H and O–H groups in total. The summed E-state index contributed by atoms with van der Waals surface area (Å²) in [7, 11) is 0. The van der Waals surface area contributed by atoms with E-state index in [-0.39, 0.29) is 0 Å². The minimum absolute atomic E-state index is 0.834. The third-order valence-electron chi connectivity index (χ3n) is 3.63. The lowest BCUT2D eigenvalue weighted by molar-refractivity contribution is 1.20. The Labute approximate surface area is 112 Å². The van der Waals surface area contributed by atoms with Crippen LogP contribution in [0, 0.1) is 13.8 Å². The number of rotatable bonds is 1. The van der Waals surface area contributed by atoms with E-state index in [1.807, 2.05) is 38.1 Å². The molecule has 3 aromatic rings. The first kappa shape index (κ1) is 11.7. The first-order valence-electron chi connectivity index (χ1n) is 6.38. The Morgan fingerprint density at radius 3 is 2.37 bits per heavy atom. The zero-order valence-electron chi connectivity index (χ0n) is 11.1. The number of aryl methyl sites for hydroxylation is 1. The van der Waals surface area contributed by atoms with Crippen LogP contribution in [-0.2, 0) is 0 Å². The molecule has 1 heterocycles. The van der Waals surface area contributed by atoms with E-state index in [1.165, 1.54) is 11.1 Å². The molecule has 0 amide bonds. The summed E-state index contributed by atoms with van der Waals surface area (Å²) in [6, 6.07) is 16.6. The molecule has 2 aromatic carbocycles. The lowest BCUT2D eigenvalue weighted by Crippen LogP contribution is -1.97. The fraction of sp³-hybridized carbons (Fsp3) is 0.118. The van der Waals surface area contributed by atoms with Gasteiger partial charge >= 0.3 is 0 Å². The molecule has 0 saturated heterocycles. The number of hydrogen-bond acceptors (Lipinski definition) is 2. The van der Waals surface area contributed by atoms with Crippen molar-refractivity contribution < 1.29 is 0 Å². The second-order valence-corrected chi connectivity index (χ2v) is 4.83. The number of nitrogen functional groups attached to an aromatic ring is 1. The van der Waals surface area contributed by atoms with Gasteiger partial charge in [0.25, 0.3) is 0 Å². The van der Waals surface area contributed by atoms with Crippen molar-refractivity contribution in [2.75, 3.05) is 5.73 Å². The summed E-state index contributed by atoms with van der Waals surface area (Å²) in [4.78, 5) is 4.59. The molecule has 2 nitrogen and oxygen atoms in total.